The maximum atomic E-state index is 12.7. The molecule has 0 bridgehead atoms. The first kappa shape index (κ1) is 19.4. The molecular weight excluding hydrogens is 396 g/mol. The van der Waals surface area contributed by atoms with E-state index in [1.807, 2.05) is 25.1 Å². The van der Waals surface area contributed by atoms with Crippen molar-refractivity contribution in [2.45, 2.75) is 6.92 Å². The van der Waals surface area contributed by atoms with Crippen LogP contribution in [0.1, 0.15) is 26.3 Å². The number of imide groups is 1. The van der Waals surface area contributed by atoms with Crippen LogP contribution in [0.5, 0.6) is 0 Å². The summed E-state index contributed by atoms with van der Waals surface area (Å²) in [5.41, 5.74) is 1.92. The molecule has 29 heavy (non-hydrogen) atoms. The molecule has 1 saturated heterocycles. The number of benzene rings is 2. The molecule has 0 aliphatic carbocycles. The van der Waals surface area contributed by atoms with Gasteiger partial charge in [-0.1, -0.05) is 23.7 Å². The van der Waals surface area contributed by atoms with E-state index in [0.717, 1.165) is 47.2 Å². The number of quaternary nitrogens is 1. The number of fused-ring (bicyclic) bond motifs is 1. The summed E-state index contributed by atoms with van der Waals surface area (Å²) < 4.78 is 0. The first-order valence-electron chi connectivity index (χ1n) is 9.35. The molecule has 0 spiro atoms. The van der Waals surface area contributed by atoms with Gasteiger partial charge in [0.1, 0.15) is 5.56 Å². The van der Waals surface area contributed by atoms with Gasteiger partial charge in [0.15, 0.2) is 6.67 Å². The van der Waals surface area contributed by atoms with E-state index < -0.39 is 16.7 Å². The molecule has 8 nitrogen and oxygen atoms in total. The van der Waals surface area contributed by atoms with E-state index in [4.69, 9.17) is 11.6 Å². The van der Waals surface area contributed by atoms with Crippen molar-refractivity contribution in [1.29, 1.82) is 0 Å². The Hall–Kier alpha value is -2.97. The van der Waals surface area contributed by atoms with Crippen LogP contribution in [0.4, 0.5) is 11.4 Å². The maximum absolute atomic E-state index is 12.7. The lowest BCUT2D eigenvalue weighted by Gasteiger charge is -2.35. The van der Waals surface area contributed by atoms with Crippen molar-refractivity contribution in [3.63, 3.8) is 0 Å². The van der Waals surface area contributed by atoms with Crippen molar-refractivity contribution in [2.24, 2.45) is 0 Å². The normalized spacial score (nSPS) is 17.0. The fourth-order valence-electron chi connectivity index (χ4n) is 3.98. The molecule has 1 fully saturated rings. The summed E-state index contributed by atoms with van der Waals surface area (Å²) in [7, 11) is 0. The van der Waals surface area contributed by atoms with E-state index in [9.17, 15) is 19.7 Å². The first-order valence-corrected chi connectivity index (χ1v) is 9.73. The standard InChI is InChI=1S/C20H19ClN4O4/c1-13-5-6-14(21)11-17(13)23-9-7-22(8-10-23)12-24-19(26)15-3-2-4-16(25(28)29)18(15)20(24)27/h2-6,11H,7-10,12H2,1H3/p+1. The van der Waals surface area contributed by atoms with Gasteiger partial charge in [-0.2, -0.15) is 0 Å². The third kappa shape index (κ3) is 3.45. The third-order valence-electron chi connectivity index (χ3n) is 5.54. The number of anilines is 1. The summed E-state index contributed by atoms with van der Waals surface area (Å²) in [6, 6.07) is 9.96. The number of halogens is 1. The second-order valence-electron chi connectivity index (χ2n) is 7.32. The quantitative estimate of drug-likeness (QED) is 0.464. The fraction of sp³-hybridized carbons (Fsp3) is 0.300. The van der Waals surface area contributed by atoms with Crippen LogP contribution < -0.4 is 9.80 Å². The molecule has 0 aromatic heterocycles. The number of rotatable bonds is 4. The van der Waals surface area contributed by atoms with Crippen molar-refractivity contribution < 1.29 is 19.4 Å². The number of aryl methyl sites for hydroxylation is 1. The minimum absolute atomic E-state index is 0.102. The van der Waals surface area contributed by atoms with Crippen LogP contribution >= 0.6 is 11.6 Å². The van der Waals surface area contributed by atoms with Gasteiger partial charge in [-0.05, 0) is 30.7 Å². The van der Waals surface area contributed by atoms with E-state index >= 15 is 0 Å². The number of hydrogen-bond donors (Lipinski definition) is 1. The van der Waals surface area contributed by atoms with Crippen molar-refractivity contribution in [1.82, 2.24) is 4.90 Å². The van der Waals surface area contributed by atoms with Crippen LogP contribution in [-0.4, -0.2) is 54.5 Å². The van der Waals surface area contributed by atoms with Gasteiger partial charge in [0.05, 0.1) is 36.7 Å². The molecule has 0 radical (unpaired) electrons. The fourth-order valence-corrected chi connectivity index (χ4v) is 4.15. The van der Waals surface area contributed by atoms with E-state index in [1.54, 1.807) is 0 Å². The van der Waals surface area contributed by atoms with E-state index in [0.29, 0.717) is 5.02 Å². The number of nitro benzene ring substituents is 1. The average molecular weight is 416 g/mol. The van der Waals surface area contributed by atoms with Gasteiger partial charge in [-0.3, -0.25) is 19.7 Å². The molecule has 2 aromatic rings. The summed E-state index contributed by atoms with van der Waals surface area (Å²) in [5.74, 6) is -1.05. The van der Waals surface area contributed by atoms with Crippen LogP contribution in [0.2, 0.25) is 5.02 Å². The van der Waals surface area contributed by atoms with Crippen LogP contribution in [0.15, 0.2) is 36.4 Å². The number of nitrogens with one attached hydrogen (secondary N) is 1. The summed E-state index contributed by atoms with van der Waals surface area (Å²) in [5, 5.41) is 11.9. The molecule has 2 aliphatic rings. The Morgan fingerprint density at radius 1 is 1.14 bits per heavy atom. The van der Waals surface area contributed by atoms with Crippen LogP contribution in [0.3, 0.4) is 0 Å². The van der Waals surface area contributed by atoms with Gasteiger partial charge < -0.3 is 9.80 Å². The summed E-state index contributed by atoms with van der Waals surface area (Å²) >= 11 is 6.13. The highest BCUT2D eigenvalue weighted by Crippen LogP contribution is 2.30. The number of amides is 2. The number of piperazine rings is 1. The molecule has 0 saturated carbocycles. The molecule has 150 valence electrons. The smallest absolute Gasteiger partial charge is 0.282 e. The maximum Gasteiger partial charge on any atom is 0.282 e. The molecule has 2 amide bonds. The van der Waals surface area contributed by atoms with Gasteiger partial charge in [0.2, 0.25) is 0 Å². The van der Waals surface area contributed by atoms with Gasteiger partial charge in [0.25, 0.3) is 17.5 Å². The predicted octanol–water partition coefficient (Wildman–Crippen LogP) is 1.52. The average Bonchev–Trinajstić information content (AvgIpc) is 2.95. The number of nitrogens with zero attached hydrogens (tertiary/aromatic N) is 3. The highest BCUT2D eigenvalue weighted by Gasteiger charge is 2.42. The Morgan fingerprint density at radius 3 is 2.55 bits per heavy atom. The van der Waals surface area contributed by atoms with E-state index in [2.05, 4.69) is 4.90 Å². The Kier molecular flexibility index (Phi) is 4.97. The molecule has 4 rings (SSSR count). The Bertz CT molecular complexity index is 1020. The molecule has 9 heteroatoms. The summed E-state index contributed by atoms with van der Waals surface area (Å²) in [6.07, 6.45) is 0. The van der Waals surface area contributed by atoms with Crippen molar-refractivity contribution in [2.75, 3.05) is 37.7 Å². The zero-order valence-corrected chi connectivity index (χ0v) is 16.6. The third-order valence-corrected chi connectivity index (χ3v) is 5.77. The zero-order valence-electron chi connectivity index (χ0n) is 15.9. The van der Waals surface area contributed by atoms with Crippen LogP contribution in [-0.2, 0) is 0 Å². The van der Waals surface area contributed by atoms with Crippen LogP contribution in [0, 0.1) is 17.0 Å². The minimum Gasteiger partial charge on any atom is -0.360 e. The number of carbonyl (C=O) groups is 2. The highest BCUT2D eigenvalue weighted by molar-refractivity contribution is 6.30. The van der Waals surface area contributed by atoms with Gasteiger partial charge in [0, 0.05) is 16.8 Å². The second-order valence-corrected chi connectivity index (χ2v) is 7.76. The number of nitro groups is 1. The zero-order chi connectivity index (χ0) is 20.7. The van der Waals surface area contributed by atoms with Gasteiger partial charge >= 0.3 is 0 Å². The van der Waals surface area contributed by atoms with Crippen molar-refractivity contribution in [3.8, 4) is 0 Å². The molecule has 0 atom stereocenters. The monoisotopic (exact) mass is 415 g/mol. The Morgan fingerprint density at radius 2 is 1.86 bits per heavy atom. The van der Waals surface area contributed by atoms with Gasteiger partial charge in [-0.15, -0.1) is 0 Å². The number of hydrogen-bond acceptors (Lipinski definition) is 5. The molecular formula is C20H20ClN4O4+. The van der Waals surface area contributed by atoms with Gasteiger partial charge in [-0.25, -0.2) is 4.90 Å². The molecule has 2 aliphatic heterocycles. The summed E-state index contributed by atoms with van der Waals surface area (Å²) in [6.45, 7) is 5.24. The predicted molar refractivity (Wildman–Crippen MR) is 108 cm³/mol. The van der Waals surface area contributed by atoms with E-state index in [1.165, 1.54) is 18.2 Å². The molecule has 2 heterocycles. The van der Waals surface area contributed by atoms with Crippen molar-refractivity contribution >= 4 is 34.8 Å². The molecule has 0 unspecified atom stereocenters. The first-order chi connectivity index (χ1) is 13.9. The topological polar surface area (TPSA) is 88.2 Å². The SMILES string of the molecule is Cc1ccc(Cl)cc1N1CC[NH+](CN2C(=O)c3cccc([N+](=O)[O-])c3C2=O)CC1. The second kappa shape index (κ2) is 7.46. The van der Waals surface area contributed by atoms with Crippen LogP contribution in [0.25, 0.3) is 0 Å². The largest absolute Gasteiger partial charge is 0.360 e. The van der Waals surface area contributed by atoms with E-state index in [-0.39, 0.29) is 23.5 Å². The Labute approximate surface area is 172 Å². The minimum atomic E-state index is -0.619. The lowest BCUT2D eigenvalue weighted by molar-refractivity contribution is -0.907. The lowest BCUT2D eigenvalue weighted by Crippen LogP contribution is -3.16. The molecule has 2 aromatic carbocycles. The number of carbonyl (C=O) groups excluding carboxylic acids is 2. The highest BCUT2D eigenvalue weighted by atomic mass is 35.5. The lowest BCUT2D eigenvalue weighted by atomic mass is 10.1. The summed E-state index contributed by atoms with van der Waals surface area (Å²) in [4.78, 5) is 40.5. The Balaban J connectivity index is 1.46. The molecule has 1 N–H and O–H groups in total. The van der Waals surface area contributed by atoms with Crippen molar-refractivity contribution in [3.05, 3.63) is 68.2 Å².